The number of carbonyl (C=O) groups excluding carboxylic acids is 1. The number of halogens is 1. The molecule has 0 radical (unpaired) electrons. The molecule has 0 unspecified atom stereocenters. The van der Waals surface area contributed by atoms with Gasteiger partial charge in [-0.05, 0) is 32.8 Å². The monoisotopic (exact) mass is 314 g/mol. The van der Waals surface area contributed by atoms with Crippen LogP contribution in [0.25, 0.3) is 0 Å². The lowest BCUT2D eigenvalue weighted by atomic mass is 9.97. The summed E-state index contributed by atoms with van der Waals surface area (Å²) in [6, 6.07) is 1.29. The number of aliphatic hydroxyl groups excluding tert-OH is 1. The number of nitrogens with zero attached hydrogens (tertiary/aromatic N) is 1. The van der Waals surface area contributed by atoms with Crippen molar-refractivity contribution < 1.29 is 14.6 Å². The summed E-state index contributed by atoms with van der Waals surface area (Å²) in [4.78, 5) is 16.2. The van der Waals surface area contributed by atoms with Crippen LogP contribution < -0.4 is 5.32 Å². The standard InChI is InChI=1S/C15H23ClN2O3/c1-9(2)12(18-14(20)21-15(3,4)5)13-10(8-19)6-11(16)7-17-13/h6-7,9,12,19H,8H2,1-5H3,(H,18,20)/t12-/m0/s1. The van der Waals surface area contributed by atoms with E-state index in [1.807, 2.05) is 13.8 Å². The van der Waals surface area contributed by atoms with Gasteiger partial charge in [0, 0.05) is 11.8 Å². The topological polar surface area (TPSA) is 71.5 Å². The smallest absolute Gasteiger partial charge is 0.408 e. The molecule has 0 saturated carbocycles. The van der Waals surface area contributed by atoms with Gasteiger partial charge in [0.25, 0.3) is 0 Å². The average Bonchev–Trinajstić information content (AvgIpc) is 2.33. The molecule has 21 heavy (non-hydrogen) atoms. The van der Waals surface area contributed by atoms with Crippen molar-refractivity contribution in [2.75, 3.05) is 0 Å². The lowest BCUT2D eigenvalue weighted by Gasteiger charge is -2.26. The average molecular weight is 315 g/mol. The summed E-state index contributed by atoms with van der Waals surface area (Å²) in [5.74, 6) is 0.0801. The van der Waals surface area contributed by atoms with Gasteiger partial charge in [0.05, 0.1) is 23.4 Å². The van der Waals surface area contributed by atoms with E-state index >= 15 is 0 Å². The van der Waals surface area contributed by atoms with E-state index < -0.39 is 11.7 Å². The van der Waals surface area contributed by atoms with Crippen molar-refractivity contribution in [3.63, 3.8) is 0 Å². The second kappa shape index (κ2) is 7.09. The van der Waals surface area contributed by atoms with E-state index in [1.54, 1.807) is 26.8 Å². The van der Waals surface area contributed by atoms with Crippen LogP contribution in [0.5, 0.6) is 0 Å². The molecule has 0 fully saturated rings. The molecule has 118 valence electrons. The van der Waals surface area contributed by atoms with E-state index in [0.29, 0.717) is 16.3 Å². The summed E-state index contributed by atoms with van der Waals surface area (Å²) in [6.45, 7) is 9.13. The van der Waals surface area contributed by atoms with Crippen molar-refractivity contribution in [1.82, 2.24) is 10.3 Å². The zero-order chi connectivity index (χ0) is 16.2. The van der Waals surface area contributed by atoms with Gasteiger partial charge in [-0.1, -0.05) is 25.4 Å². The zero-order valence-electron chi connectivity index (χ0n) is 13.1. The van der Waals surface area contributed by atoms with Gasteiger partial charge >= 0.3 is 6.09 Å². The van der Waals surface area contributed by atoms with E-state index in [9.17, 15) is 9.90 Å². The fourth-order valence-electron chi connectivity index (χ4n) is 1.88. The quantitative estimate of drug-likeness (QED) is 0.893. The van der Waals surface area contributed by atoms with Crippen LogP contribution in [0.4, 0.5) is 4.79 Å². The Balaban J connectivity index is 3.00. The molecule has 0 aliphatic rings. The Morgan fingerprint density at radius 1 is 1.48 bits per heavy atom. The van der Waals surface area contributed by atoms with Crippen LogP contribution in [-0.4, -0.2) is 21.8 Å². The first-order valence-corrected chi connectivity index (χ1v) is 7.26. The number of aliphatic hydroxyl groups is 1. The zero-order valence-corrected chi connectivity index (χ0v) is 13.9. The van der Waals surface area contributed by atoms with Gasteiger partial charge in [0.15, 0.2) is 0 Å². The highest BCUT2D eigenvalue weighted by atomic mass is 35.5. The Labute approximate surface area is 130 Å². The second-order valence-corrected chi connectivity index (χ2v) is 6.66. The summed E-state index contributed by atoms with van der Waals surface area (Å²) in [5.41, 5.74) is 0.624. The Hall–Kier alpha value is -1.33. The lowest BCUT2D eigenvalue weighted by Crippen LogP contribution is -2.37. The number of ether oxygens (including phenoxy) is 1. The highest BCUT2D eigenvalue weighted by Crippen LogP contribution is 2.25. The summed E-state index contributed by atoms with van der Waals surface area (Å²) in [6.07, 6.45) is 0.990. The number of hydrogen-bond acceptors (Lipinski definition) is 4. The third-order valence-electron chi connectivity index (χ3n) is 2.77. The van der Waals surface area contributed by atoms with Crippen LogP contribution in [-0.2, 0) is 11.3 Å². The number of carbonyl (C=O) groups is 1. The maximum absolute atomic E-state index is 12.0. The van der Waals surface area contributed by atoms with Crippen LogP contribution >= 0.6 is 11.6 Å². The number of hydrogen-bond donors (Lipinski definition) is 2. The molecule has 0 bridgehead atoms. The van der Waals surface area contributed by atoms with Crippen LogP contribution in [0.3, 0.4) is 0 Å². The van der Waals surface area contributed by atoms with Crippen LogP contribution in [0.1, 0.15) is 51.9 Å². The Morgan fingerprint density at radius 2 is 2.10 bits per heavy atom. The highest BCUT2D eigenvalue weighted by molar-refractivity contribution is 6.30. The van der Waals surface area contributed by atoms with Crippen LogP contribution in [0, 0.1) is 5.92 Å². The first-order chi connectivity index (χ1) is 9.64. The second-order valence-electron chi connectivity index (χ2n) is 6.22. The molecule has 0 aromatic carbocycles. The fraction of sp³-hybridized carbons (Fsp3) is 0.600. The first-order valence-electron chi connectivity index (χ1n) is 6.88. The van der Waals surface area contributed by atoms with Crippen molar-refractivity contribution >= 4 is 17.7 Å². The molecule has 1 aromatic rings. The number of aromatic nitrogens is 1. The molecule has 0 spiro atoms. The molecule has 1 amide bonds. The Bertz CT molecular complexity index is 498. The number of pyridine rings is 1. The molecule has 0 saturated heterocycles. The van der Waals surface area contributed by atoms with Crippen molar-refractivity contribution in [1.29, 1.82) is 0 Å². The molecular formula is C15H23ClN2O3. The van der Waals surface area contributed by atoms with Crippen molar-refractivity contribution in [2.45, 2.75) is 52.9 Å². The Morgan fingerprint density at radius 3 is 2.57 bits per heavy atom. The minimum atomic E-state index is -0.571. The largest absolute Gasteiger partial charge is 0.444 e. The molecule has 0 aliphatic carbocycles. The van der Waals surface area contributed by atoms with Crippen LogP contribution in [0.2, 0.25) is 5.02 Å². The van der Waals surface area contributed by atoms with Gasteiger partial charge in [-0.2, -0.15) is 0 Å². The van der Waals surface area contributed by atoms with Gasteiger partial charge in [-0.15, -0.1) is 0 Å². The third kappa shape index (κ3) is 5.52. The Kier molecular flexibility index (Phi) is 5.98. The van der Waals surface area contributed by atoms with Crippen molar-refractivity contribution in [3.8, 4) is 0 Å². The fourth-order valence-corrected chi connectivity index (χ4v) is 2.06. The van der Waals surface area contributed by atoms with E-state index in [4.69, 9.17) is 16.3 Å². The highest BCUT2D eigenvalue weighted by Gasteiger charge is 2.25. The molecule has 5 nitrogen and oxygen atoms in total. The molecule has 1 rings (SSSR count). The molecular weight excluding hydrogens is 292 g/mol. The number of rotatable bonds is 4. The SMILES string of the molecule is CC(C)[C@H](NC(=O)OC(C)(C)C)c1ncc(Cl)cc1CO. The molecule has 2 N–H and O–H groups in total. The van der Waals surface area contributed by atoms with E-state index in [-0.39, 0.29) is 18.6 Å². The van der Waals surface area contributed by atoms with E-state index in [2.05, 4.69) is 10.3 Å². The van der Waals surface area contributed by atoms with E-state index in [1.165, 1.54) is 6.20 Å². The van der Waals surface area contributed by atoms with E-state index in [0.717, 1.165) is 0 Å². The van der Waals surface area contributed by atoms with Crippen LogP contribution in [0.15, 0.2) is 12.3 Å². The number of amides is 1. The molecule has 1 aromatic heterocycles. The van der Waals surface area contributed by atoms with Gasteiger partial charge in [0.1, 0.15) is 5.60 Å². The van der Waals surface area contributed by atoms with Gasteiger partial charge in [-0.3, -0.25) is 4.98 Å². The molecule has 1 heterocycles. The molecule has 1 atom stereocenters. The maximum atomic E-state index is 12.0. The minimum Gasteiger partial charge on any atom is -0.444 e. The third-order valence-corrected chi connectivity index (χ3v) is 2.98. The number of nitrogens with one attached hydrogen (secondary N) is 1. The number of alkyl carbamates (subject to hydrolysis) is 1. The van der Waals surface area contributed by atoms with Crippen molar-refractivity contribution in [3.05, 3.63) is 28.5 Å². The van der Waals surface area contributed by atoms with Gasteiger partial charge in [0.2, 0.25) is 0 Å². The van der Waals surface area contributed by atoms with Gasteiger partial charge in [-0.25, -0.2) is 4.79 Å². The maximum Gasteiger partial charge on any atom is 0.408 e. The lowest BCUT2D eigenvalue weighted by molar-refractivity contribution is 0.0487. The van der Waals surface area contributed by atoms with Crippen molar-refractivity contribution in [2.24, 2.45) is 5.92 Å². The molecule has 6 heteroatoms. The normalized spacial score (nSPS) is 13.1. The first kappa shape index (κ1) is 17.7. The molecule has 0 aliphatic heterocycles. The predicted molar refractivity (Wildman–Crippen MR) is 82.1 cm³/mol. The summed E-state index contributed by atoms with van der Waals surface area (Å²) < 4.78 is 5.27. The predicted octanol–water partition coefficient (Wildman–Crippen LogP) is 3.45. The minimum absolute atomic E-state index is 0.0801. The summed E-state index contributed by atoms with van der Waals surface area (Å²) in [5, 5.41) is 12.7. The summed E-state index contributed by atoms with van der Waals surface area (Å²) in [7, 11) is 0. The summed E-state index contributed by atoms with van der Waals surface area (Å²) >= 11 is 5.89. The van der Waals surface area contributed by atoms with Gasteiger partial charge < -0.3 is 15.2 Å².